The maximum atomic E-state index is 12.8. The number of nitriles is 1. The number of piperidine rings is 1. The lowest BCUT2D eigenvalue weighted by Crippen LogP contribution is -2.43. The summed E-state index contributed by atoms with van der Waals surface area (Å²) >= 11 is 0. The second-order valence-corrected chi connectivity index (χ2v) is 9.85. The lowest BCUT2D eigenvalue weighted by molar-refractivity contribution is -0.192. The minimum absolute atomic E-state index is 0.0208. The number of carbonyl (C=O) groups excluding carboxylic acids is 2. The molecule has 4 rings (SSSR count). The number of amides is 2. The molecular weight excluding hydrogens is 557 g/mol. The second-order valence-electron chi connectivity index (χ2n) is 9.85. The van der Waals surface area contributed by atoms with Gasteiger partial charge in [-0.3, -0.25) is 9.59 Å². The predicted octanol–water partition coefficient (Wildman–Crippen LogP) is 3.41. The number of hydrogen-bond acceptors (Lipinski definition) is 7. The zero-order valence-corrected chi connectivity index (χ0v) is 22.8. The topological polar surface area (TPSA) is 171 Å². The van der Waals surface area contributed by atoms with Crippen molar-refractivity contribution in [3.63, 3.8) is 0 Å². The number of imidazole rings is 1. The first-order valence-corrected chi connectivity index (χ1v) is 13.5. The predicted molar refractivity (Wildman–Crippen MR) is 146 cm³/mol. The van der Waals surface area contributed by atoms with Gasteiger partial charge in [0, 0.05) is 30.9 Å². The van der Waals surface area contributed by atoms with Gasteiger partial charge in [-0.1, -0.05) is 12.1 Å². The van der Waals surface area contributed by atoms with Crippen LogP contribution >= 0.6 is 0 Å². The highest BCUT2D eigenvalue weighted by molar-refractivity contribution is 6.03. The molecule has 0 spiro atoms. The van der Waals surface area contributed by atoms with Crippen LogP contribution in [-0.2, 0) is 9.59 Å². The number of aromatic nitrogens is 2. The molecule has 0 atom stereocenters. The number of benzene rings is 1. The summed E-state index contributed by atoms with van der Waals surface area (Å²) in [7, 11) is 0. The van der Waals surface area contributed by atoms with Crippen LogP contribution in [0.25, 0.3) is 5.57 Å². The molecule has 11 nitrogen and oxygen atoms in total. The Hall–Kier alpha value is -4.22. The molecule has 14 heteroatoms. The van der Waals surface area contributed by atoms with E-state index in [1.165, 1.54) is 23.8 Å². The third-order valence-electron chi connectivity index (χ3n) is 6.97. The molecule has 0 saturated carbocycles. The van der Waals surface area contributed by atoms with E-state index < -0.39 is 12.1 Å². The van der Waals surface area contributed by atoms with E-state index in [1.807, 2.05) is 17.0 Å². The van der Waals surface area contributed by atoms with Gasteiger partial charge in [0.15, 0.2) is 5.82 Å². The average Bonchev–Trinajstić information content (AvgIpc) is 3.48. The molecule has 2 heterocycles. The summed E-state index contributed by atoms with van der Waals surface area (Å²) in [5, 5.41) is 30.9. The van der Waals surface area contributed by atoms with E-state index in [4.69, 9.17) is 20.3 Å². The van der Waals surface area contributed by atoms with Crippen molar-refractivity contribution in [2.45, 2.75) is 50.6 Å². The van der Waals surface area contributed by atoms with Gasteiger partial charge in [-0.2, -0.15) is 18.4 Å². The van der Waals surface area contributed by atoms with Crippen LogP contribution in [0.5, 0.6) is 0 Å². The van der Waals surface area contributed by atoms with Gasteiger partial charge in [0.2, 0.25) is 5.91 Å². The Morgan fingerprint density at radius 1 is 1.19 bits per heavy atom. The van der Waals surface area contributed by atoms with Gasteiger partial charge in [0.1, 0.15) is 11.8 Å². The zero-order valence-electron chi connectivity index (χ0n) is 22.8. The molecule has 0 unspecified atom stereocenters. The Balaban J connectivity index is 0.000000616. The number of aliphatic hydroxyl groups excluding tert-OH is 1. The smallest absolute Gasteiger partial charge is 0.475 e. The number of allylic oxidation sites excluding steroid dienone is 2. The van der Waals surface area contributed by atoms with E-state index in [9.17, 15) is 22.8 Å². The Morgan fingerprint density at radius 2 is 1.90 bits per heavy atom. The lowest BCUT2D eigenvalue weighted by Gasteiger charge is -2.33. The number of anilines is 1. The highest BCUT2D eigenvalue weighted by Crippen LogP contribution is 2.36. The van der Waals surface area contributed by atoms with Crippen LogP contribution in [-0.4, -0.2) is 81.8 Å². The summed E-state index contributed by atoms with van der Waals surface area (Å²) in [5.41, 5.74) is 4.49. The van der Waals surface area contributed by atoms with Crippen LogP contribution in [0.15, 0.2) is 30.5 Å². The van der Waals surface area contributed by atoms with Crippen LogP contribution in [0.4, 0.5) is 18.9 Å². The van der Waals surface area contributed by atoms with Crippen LogP contribution in [0.2, 0.25) is 0 Å². The number of hydrogen-bond donors (Lipinski definition) is 5. The number of aliphatic hydroxyl groups is 1. The first-order chi connectivity index (χ1) is 20.0. The van der Waals surface area contributed by atoms with Crippen molar-refractivity contribution in [1.29, 1.82) is 5.26 Å². The molecule has 0 radical (unpaired) electrons. The van der Waals surface area contributed by atoms with Crippen LogP contribution in [0.3, 0.4) is 0 Å². The molecule has 5 N–H and O–H groups in total. The molecule has 1 aliphatic carbocycles. The second kappa shape index (κ2) is 15.1. The number of carbonyl (C=O) groups is 3. The standard InChI is InChI=1S/C26H32N6O3.C2HF3O2/c27-15-21-16-29-25(30-21)26(35)31-23-7-6-20(14-22(23)19-4-2-1-3-5-19)18-8-11-32(12-9-18)24(34)17-28-10-13-33;3-2(4,5)1(6)7/h4,6-7,14,16,18,28,33H,1-3,5,8-13,17H2,(H,29,30)(H,31,35);(H,6,7). The third kappa shape index (κ3) is 9.15. The minimum atomic E-state index is -5.08. The number of nitrogens with zero attached hydrogens (tertiary/aromatic N) is 3. The van der Waals surface area contributed by atoms with Crippen LogP contribution in [0.1, 0.15) is 71.9 Å². The molecule has 2 aromatic rings. The number of likely N-dealkylation sites (tertiary alicyclic amines) is 1. The van der Waals surface area contributed by atoms with E-state index in [0.29, 0.717) is 25.6 Å². The van der Waals surface area contributed by atoms with Gasteiger partial charge >= 0.3 is 12.1 Å². The lowest BCUT2D eigenvalue weighted by atomic mass is 9.85. The maximum absolute atomic E-state index is 12.8. The number of nitrogens with one attached hydrogen (secondary N) is 3. The SMILES string of the molecule is N#Cc1cnc(C(=O)Nc2ccc(C3CCN(C(=O)CNCCO)CC3)cc2C2=CCCCC2)[nH]1.O=C(O)C(F)(F)F. The number of H-pyrrole nitrogens is 1. The molecule has 0 bridgehead atoms. The number of rotatable bonds is 8. The molecule has 2 aliphatic rings. The Morgan fingerprint density at radius 3 is 2.48 bits per heavy atom. The van der Waals surface area contributed by atoms with Gasteiger partial charge in [-0.05, 0) is 67.7 Å². The van der Waals surface area contributed by atoms with Crippen molar-refractivity contribution < 1.29 is 37.8 Å². The van der Waals surface area contributed by atoms with Crippen molar-refractivity contribution >= 4 is 29.0 Å². The van der Waals surface area contributed by atoms with Crippen molar-refractivity contribution in [2.24, 2.45) is 0 Å². The molecule has 2 amide bonds. The van der Waals surface area contributed by atoms with E-state index in [2.05, 4.69) is 38.8 Å². The molecule has 1 aromatic carbocycles. The molecule has 1 saturated heterocycles. The van der Waals surface area contributed by atoms with Gasteiger partial charge in [-0.15, -0.1) is 0 Å². The Kier molecular flexibility index (Phi) is 11.6. The summed E-state index contributed by atoms with van der Waals surface area (Å²) in [6.07, 6.45) is 4.60. The fourth-order valence-electron chi connectivity index (χ4n) is 4.80. The van der Waals surface area contributed by atoms with Gasteiger partial charge in [0.05, 0.1) is 19.3 Å². The third-order valence-corrected chi connectivity index (χ3v) is 6.97. The van der Waals surface area contributed by atoms with Crippen molar-refractivity contribution in [3.8, 4) is 6.07 Å². The van der Waals surface area contributed by atoms with E-state index in [0.717, 1.165) is 43.4 Å². The van der Waals surface area contributed by atoms with Crippen molar-refractivity contribution in [1.82, 2.24) is 20.2 Å². The summed E-state index contributed by atoms with van der Waals surface area (Å²) in [5.74, 6) is -2.60. The number of carboxylic acids is 1. The van der Waals surface area contributed by atoms with Gasteiger partial charge in [0.25, 0.3) is 5.91 Å². The van der Waals surface area contributed by atoms with E-state index >= 15 is 0 Å². The quantitative estimate of drug-likeness (QED) is 0.291. The van der Waals surface area contributed by atoms with Gasteiger partial charge in [-0.25, -0.2) is 9.78 Å². The molecule has 226 valence electrons. The summed E-state index contributed by atoms with van der Waals surface area (Å²) < 4.78 is 31.7. The zero-order chi connectivity index (χ0) is 30.7. The molecule has 1 fully saturated rings. The fraction of sp³-hybridized carbons (Fsp3) is 0.464. The minimum Gasteiger partial charge on any atom is -0.475 e. The summed E-state index contributed by atoms with van der Waals surface area (Å²) in [4.78, 5) is 42.7. The Labute approximate surface area is 240 Å². The molecular formula is C28H33F3N6O5. The summed E-state index contributed by atoms with van der Waals surface area (Å²) in [6, 6.07) is 8.17. The number of carboxylic acid groups (broad SMARTS) is 1. The monoisotopic (exact) mass is 590 g/mol. The average molecular weight is 591 g/mol. The first kappa shape index (κ1) is 32.3. The molecule has 1 aromatic heterocycles. The highest BCUT2D eigenvalue weighted by Gasteiger charge is 2.38. The normalized spacial score (nSPS) is 15.6. The highest BCUT2D eigenvalue weighted by atomic mass is 19.4. The molecule has 1 aliphatic heterocycles. The van der Waals surface area contributed by atoms with Crippen molar-refractivity contribution in [2.75, 3.05) is 38.1 Å². The largest absolute Gasteiger partial charge is 0.490 e. The maximum Gasteiger partial charge on any atom is 0.490 e. The summed E-state index contributed by atoms with van der Waals surface area (Å²) in [6.45, 7) is 2.11. The number of aliphatic carboxylic acids is 1. The van der Waals surface area contributed by atoms with E-state index in [1.54, 1.807) is 0 Å². The van der Waals surface area contributed by atoms with Crippen LogP contribution < -0.4 is 10.6 Å². The Bertz CT molecular complexity index is 1330. The first-order valence-electron chi connectivity index (χ1n) is 13.5. The number of halogens is 3. The molecule has 42 heavy (non-hydrogen) atoms. The number of alkyl halides is 3. The van der Waals surface area contributed by atoms with E-state index in [-0.39, 0.29) is 36.5 Å². The van der Waals surface area contributed by atoms with Crippen molar-refractivity contribution in [3.05, 3.63) is 53.1 Å². The van der Waals surface area contributed by atoms with Crippen LogP contribution in [0, 0.1) is 11.3 Å². The van der Waals surface area contributed by atoms with Gasteiger partial charge < -0.3 is 30.7 Å². The fourth-order valence-corrected chi connectivity index (χ4v) is 4.80. The number of aromatic amines is 1.